The predicted octanol–water partition coefficient (Wildman–Crippen LogP) is 4.92. The first kappa shape index (κ1) is 26.5. The Hall–Kier alpha value is -3.60. The second-order valence-corrected chi connectivity index (χ2v) is 9.54. The monoisotopic (exact) mass is 612 g/mol. The van der Waals surface area contributed by atoms with E-state index in [1.165, 1.54) is 0 Å². The van der Waals surface area contributed by atoms with E-state index in [0.717, 1.165) is 32.2 Å². The Morgan fingerprint density at radius 3 is 2.14 bits per heavy atom. The summed E-state index contributed by atoms with van der Waals surface area (Å²) in [4.78, 5) is 36.8. The molecule has 5 N–H and O–H groups in total. The maximum absolute atomic E-state index is 13.0. The summed E-state index contributed by atoms with van der Waals surface area (Å²) in [5.41, 5.74) is 11.4. The van der Waals surface area contributed by atoms with Crippen molar-refractivity contribution in [2.45, 2.75) is 29.2 Å². The Morgan fingerprint density at radius 1 is 0.919 bits per heavy atom. The Kier molecular flexibility index (Phi) is 8.99. The fourth-order valence-corrected chi connectivity index (χ4v) is 4.98. The van der Waals surface area contributed by atoms with Crippen LogP contribution in [0.5, 0.6) is 0 Å². The van der Waals surface area contributed by atoms with Gasteiger partial charge in [0, 0.05) is 22.6 Å². The molecule has 0 aromatic heterocycles. The van der Waals surface area contributed by atoms with Gasteiger partial charge in [-0.3, -0.25) is 4.79 Å². The van der Waals surface area contributed by atoms with Gasteiger partial charge in [-0.05, 0) is 52.8 Å². The number of primary amides is 1. The van der Waals surface area contributed by atoms with Crippen molar-refractivity contribution >= 4 is 46.3 Å². The van der Waals surface area contributed by atoms with Gasteiger partial charge in [-0.25, -0.2) is 9.59 Å². The van der Waals surface area contributed by atoms with Crippen LogP contribution in [0.1, 0.15) is 35.4 Å². The zero-order valence-electron chi connectivity index (χ0n) is 20.2. The maximum atomic E-state index is 13.0. The van der Waals surface area contributed by atoms with Gasteiger partial charge in [-0.1, -0.05) is 83.3 Å². The van der Waals surface area contributed by atoms with Crippen LogP contribution >= 0.6 is 22.6 Å². The van der Waals surface area contributed by atoms with E-state index in [-0.39, 0.29) is 25.0 Å². The number of fused-ring (bicyclic) bond motifs is 3. The Labute approximate surface area is 229 Å². The minimum absolute atomic E-state index is 0.0818. The van der Waals surface area contributed by atoms with E-state index in [9.17, 15) is 14.4 Å². The number of hydrogen-bond donors (Lipinski definition) is 4. The normalized spacial score (nSPS) is 12.7. The molecular formula is C28H29IN4O4. The number of ether oxygens (including phenoxy) is 1. The lowest BCUT2D eigenvalue weighted by atomic mass is 9.98. The third kappa shape index (κ3) is 6.79. The summed E-state index contributed by atoms with van der Waals surface area (Å²) in [5, 5.41) is 8.05. The highest BCUT2D eigenvalue weighted by Crippen LogP contribution is 2.44. The molecule has 0 unspecified atom stereocenters. The summed E-state index contributed by atoms with van der Waals surface area (Å²) in [7, 11) is 0. The molecular weight excluding hydrogens is 583 g/mol. The van der Waals surface area contributed by atoms with Crippen molar-refractivity contribution in [3.63, 3.8) is 0 Å². The average molecular weight is 612 g/mol. The highest BCUT2D eigenvalue weighted by Gasteiger charge is 2.29. The predicted molar refractivity (Wildman–Crippen MR) is 152 cm³/mol. The van der Waals surface area contributed by atoms with Crippen LogP contribution in [0.15, 0.2) is 72.8 Å². The molecule has 0 saturated carbocycles. The van der Waals surface area contributed by atoms with Gasteiger partial charge in [0.05, 0.1) is 0 Å². The van der Waals surface area contributed by atoms with Crippen LogP contribution in [-0.2, 0) is 14.0 Å². The fourth-order valence-electron chi connectivity index (χ4n) is 4.48. The van der Waals surface area contributed by atoms with Crippen LogP contribution in [-0.4, -0.2) is 37.2 Å². The van der Waals surface area contributed by atoms with Crippen LogP contribution in [0.25, 0.3) is 11.1 Å². The number of halogens is 1. The molecule has 1 aliphatic carbocycles. The van der Waals surface area contributed by atoms with Gasteiger partial charge in [-0.15, -0.1) is 0 Å². The van der Waals surface area contributed by atoms with Gasteiger partial charge in [0.1, 0.15) is 12.6 Å². The van der Waals surface area contributed by atoms with Gasteiger partial charge in [0.15, 0.2) is 0 Å². The number of benzene rings is 3. The summed E-state index contributed by atoms with van der Waals surface area (Å²) < 4.78 is 6.49. The van der Waals surface area contributed by atoms with Gasteiger partial charge in [0.2, 0.25) is 5.91 Å². The van der Waals surface area contributed by atoms with Gasteiger partial charge < -0.3 is 26.4 Å². The van der Waals surface area contributed by atoms with Crippen molar-refractivity contribution in [1.29, 1.82) is 0 Å². The third-order valence-corrected chi connectivity index (χ3v) is 7.18. The number of alkyl halides is 1. The standard InChI is InChI=1S/C28H29IN4O4/c29-16-18-11-13-19(14-12-18)32-26(34)25(10-5-15-31-27(30)35)33-28(36)37-17-24-22-8-3-1-6-20(22)21-7-2-4-9-23(21)24/h1-4,6-9,11-14,24-25H,5,10,15-17H2,(H,32,34)(H,33,36)(H3,30,31,35)/t25-/m0/s1. The molecule has 3 aromatic rings. The van der Waals surface area contributed by atoms with Crippen molar-refractivity contribution in [2.75, 3.05) is 18.5 Å². The molecule has 0 fully saturated rings. The first-order valence-electron chi connectivity index (χ1n) is 12.1. The number of rotatable bonds is 10. The van der Waals surface area contributed by atoms with E-state index in [0.29, 0.717) is 18.5 Å². The molecule has 0 aliphatic heterocycles. The van der Waals surface area contributed by atoms with E-state index in [4.69, 9.17) is 10.5 Å². The smallest absolute Gasteiger partial charge is 0.407 e. The summed E-state index contributed by atoms with van der Waals surface area (Å²) in [6, 6.07) is 22.2. The second kappa shape index (κ2) is 12.6. The largest absolute Gasteiger partial charge is 0.449 e. The van der Waals surface area contributed by atoms with Crippen molar-refractivity contribution in [3.8, 4) is 11.1 Å². The quantitative estimate of drug-likeness (QED) is 0.148. The molecule has 3 aromatic carbocycles. The topological polar surface area (TPSA) is 123 Å². The van der Waals surface area contributed by atoms with Crippen molar-refractivity contribution in [1.82, 2.24) is 10.6 Å². The molecule has 37 heavy (non-hydrogen) atoms. The first-order chi connectivity index (χ1) is 18.0. The molecule has 4 rings (SSSR count). The van der Waals surface area contributed by atoms with Gasteiger partial charge in [0.25, 0.3) is 0 Å². The molecule has 4 amide bonds. The number of hydrogen-bond acceptors (Lipinski definition) is 4. The number of nitrogens with one attached hydrogen (secondary N) is 3. The number of carbonyl (C=O) groups is 3. The number of amides is 4. The molecule has 1 aliphatic rings. The minimum Gasteiger partial charge on any atom is -0.449 e. The molecule has 0 saturated heterocycles. The fraction of sp³-hybridized carbons (Fsp3) is 0.250. The molecule has 9 heteroatoms. The Bertz CT molecular complexity index is 1220. The zero-order valence-corrected chi connectivity index (χ0v) is 22.4. The first-order valence-corrected chi connectivity index (χ1v) is 13.6. The molecule has 0 radical (unpaired) electrons. The van der Waals surface area contributed by atoms with Gasteiger partial charge >= 0.3 is 12.1 Å². The van der Waals surface area contributed by atoms with E-state index < -0.39 is 18.2 Å². The zero-order chi connectivity index (χ0) is 26.2. The second-order valence-electron chi connectivity index (χ2n) is 8.78. The lowest BCUT2D eigenvalue weighted by molar-refractivity contribution is -0.118. The number of anilines is 1. The van der Waals surface area contributed by atoms with Crippen molar-refractivity contribution in [2.24, 2.45) is 5.73 Å². The molecule has 1 atom stereocenters. The average Bonchev–Trinajstić information content (AvgIpc) is 3.23. The molecule has 0 bridgehead atoms. The maximum Gasteiger partial charge on any atom is 0.407 e. The summed E-state index contributed by atoms with van der Waals surface area (Å²) in [5.74, 6) is -0.448. The number of carbonyl (C=O) groups excluding carboxylic acids is 3. The van der Waals surface area contributed by atoms with Crippen LogP contribution in [0.2, 0.25) is 0 Å². The third-order valence-electron chi connectivity index (χ3n) is 6.30. The van der Waals surface area contributed by atoms with E-state index >= 15 is 0 Å². The molecule has 192 valence electrons. The van der Waals surface area contributed by atoms with Crippen LogP contribution in [0.4, 0.5) is 15.3 Å². The van der Waals surface area contributed by atoms with E-state index in [1.54, 1.807) is 0 Å². The molecule has 8 nitrogen and oxygen atoms in total. The lowest BCUT2D eigenvalue weighted by Crippen LogP contribution is -2.44. The van der Waals surface area contributed by atoms with Crippen molar-refractivity contribution in [3.05, 3.63) is 89.5 Å². The SMILES string of the molecule is NC(=O)NCCC[C@H](NC(=O)OCC1c2ccccc2-c2ccccc21)C(=O)Nc1ccc(CI)cc1. The Balaban J connectivity index is 1.40. The summed E-state index contributed by atoms with van der Waals surface area (Å²) in [6.07, 6.45) is 0.0609. The highest BCUT2D eigenvalue weighted by atomic mass is 127. The van der Waals surface area contributed by atoms with Crippen molar-refractivity contribution < 1.29 is 19.1 Å². The highest BCUT2D eigenvalue weighted by molar-refractivity contribution is 14.1. The van der Waals surface area contributed by atoms with Crippen LogP contribution in [0.3, 0.4) is 0 Å². The molecule has 0 heterocycles. The van der Waals surface area contributed by atoms with Gasteiger partial charge in [-0.2, -0.15) is 0 Å². The van der Waals surface area contributed by atoms with E-state index in [2.05, 4.69) is 50.7 Å². The van der Waals surface area contributed by atoms with Crippen LogP contribution in [0, 0.1) is 0 Å². The number of urea groups is 1. The van der Waals surface area contributed by atoms with Crippen LogP contribution < -0.4 is 21.7 Å². The summed E-state index contributed by atoms with van der Waals surface area (Å²) >= 11 is 2.27. The molecule has 0 spiro atoms. The van der Waals surface area contributed by atoms with E-state index in [1.807, 2.05) is 60.7 Å². The Morgan fingerprint density at radius 2 is 1.54 bits per heavy atom. The summed E-state index contributed by atoms with van der Waals surface area (Å²) in [6.45, 7) is 0.436. The number of nitrogens with two attached hydrogens (primary N) is 1. The minimum atomic E-state index is -0.852. The number of alkyl carbamates (subject to hydrolysis) is 1. The lowest BCUT2D eigenvalue weighted by Gasteiger charge is -2.20.